The van der Waals surface area contributed by atoms with Crippen molar-refractivity contribution in [2.24, 2.45) is 0 Å². The molecular weight excluding hydrogens is 695 g/mol. The Labute approximate surface area is 346 Å². The molecule has 0 saturated heterocycles. The molecule has 2 N–H and O–H groups in total. The molecule has 0 aromatic rings. The Balaban J connectivity index is 4.16. The predicted molar refractivity (Wildman–Crippen MR) is 240 cm³/mol. The molecule has 0 rings (SSSR count). The number of carbonyl (C=O) groups is 3. The number of esters is 1. The molecule has 0 spiro atoms. The maximum absolute atomic E-state index is 12.8. The summed E-state index contributed by atoms with van der Waals surface area (Å²) in [6.07, 6.45) is 57.0. The zero-order valence-corrected chi connectivity index (χ0v) is 37.0. The molecule has 0 aliphatic heterocycles. The van der Waals surface area contributed by atoms with Crippen LogP contribution in [0.5, 0.6) is 0 Å². The summed E-state index contributed by atoms with van der Waals surface area (Å²) in [6, 6.07) is 0. The van der Waals surface area contributed by atoms with Gasteiger partial charge in [-0.2, -0.15) is 0 Å². The summed E-state index contributed by atoms with van der Waals surface area (Å²) < 4.78 is 6.05. The molecule has 1 atom stereocenters. The molecule has 6 nitrogen and oxygen atoms in total. The number of carbonyl (C=O) groups excluding carboxylic acids is 2. The van der Waals surface area contributed by atoms with Gasteiger partial charge in [-0.25, -0.2) is 0 Å². The number of aliphatic carboxylic acids is 1. The van der Waals surface area contributed by atoms with Crippen molar-refractivity contribution >= 4 is 17.8 Å². The second kappa shape index (κ2) is 45.3. The number of hydrogen-bond acceptors (Lipinski definition) is 4. The summed E-state index contributed by atoms with van der Waals surface area (Å²) in [7, 11) is 0. The Hall–Kier alpha value is -2.37. The van der Waals surface area contributed by atoms with E-state index in [4.69, 9.17) is 9.84 Å². The third-order valence-corrected chi connectivity index (χ3v) is 10.8. The van der Waals surface area contributed by atoms with Crippen molar-refractivity contribution in [2.75, 3.05) is 6.54 Å². The van der Waals surface area contributed by atoms with Crippen molar-refractivity contribution < 1.29 is 24.2 Å². The number of unbranched alkanes of at least 4 members (excludes halogenated alkanes) is 27. The Kier molecular flexibility index (Phi) is 43.4. The third kappa shape index (κ3) is 44.3. The van der Waals surface area contributed by atoms with Crippen LogP contribution in [-0.2, 0) is 19.1 Å². The second-order valence-corrected chi connectivity index (χ2v) is 16.4. The summed E-state index contributed by atoms with van der Waals surface area (Å²) in [5, 5.41) is 11.1. The fourth-order valence-electron chi connectivity index (χ4n) is 7.19. The first-order chi connectivity index (χ1) is 27.5. The van der Waals surface area contributed by atoms with E-state index in [-0.39, 0.29) is 24.5 Å². The average molecular weight is 786 g/mol. The molecule has 0 radical (unpaired) electrons. The van der Waals surface area contributed by atoms with Crippen molar-refractivity contribution in [2.45, 2.75) is 258 Å². The van der Waals surface area contributed by atoms with E-state index in [2.05, 4.69) is 55.6 Å². The van der Waals surface area contributed by atoms with Crippen LogP contribution < -0.4 is 5.32 Å². The van der Waals surface area contributed by atoms with Gasteiger partial charge in [0.05, 0.1) is 0 Å². The summed E-state index contributed by atoms with van der Waals surface area (Å²) in [6.45, 7) is 4.22. The molecule has 0 aromatic carbocycles. The molecule has 1 amide bonds. The monoisotopic (exact) mass is 786 g/mol. The average Bonchev–Trinajstić information content (AvgIpc) is 3.18. The summed E-state index contributed by atoms with van der Waals surface area (Å²) in [4.78, 5) is 35.1. The van der Waals surface area contributed by atoms with E-state index in [1.54, 1.807) is 0 Å². The number of carboxylic acid groups (broad SMARTS) is 1. The minimum absolute atomic E-state index is 0.00876. The number of hydrogen-bond donors (Lipinski definition) is 2. The Morgan fingerprint density at radius 2 is 0.821 bits per heavy atom. The van der Waals surface area contributed by atoms with E-state index in [9.17, 15) is 14.4 Å². The van der Waals surface area contributed by atoms with Crippen molar-refractivity contribution in [3.63, 3.8) is 0 Å². The lowest BCUT2D eigenvalue weighted by Crippen LogP contribution is -2.28. The standard InChI is InChI=1S/C50H91NO5/c1-3-5-7-9-11-13-15-17-19-20-21-22-24-26-28-30-32-37-41-45-50(55)56-47(43-39-35-33-36-40-44-48(52)51-46-49(53)54)42-38-34-31-29-27-25-23-18-16-14-12-10-8-6-4-2/h11,13,17,19,25,27,47H,3-10,12,14-16,18,20-24,26,28-46H2,1-2H3,(H,51,52)(H,53,54)/b13-11-,19-17-,27-25-. The van der Waals surface area contributed by atoms with Gasteiger partial charge in [0.2, 0.25) is 5.91 Å². The topological polar surface area (TPSA) is 92.7 Å². The molecule has 0 aliphatic carbocycles. The highest BCUT2D eigenvalue weighted by Crippen LogP contribution is 2.19. The van der Waals surface area contributed by atoms with Crippen LogP contribution in [0.1, 0.15) is 251 Å². The molecule has 326 valence electrons. The van der Waals surface area contributed by atoms with Gasteiger partial charge in [0.25, 0.3) is 0 Å². The zero-order valence-electron chi connectivity index (χ0n) is 37.0. The minimum Gasteiger partial charge on any atom is -0.480 e. The van der Waals surface area contributed by atoms with E-state index in [0.717, 1.165) is 77.0 Å². The van der Waals surface area contributed by atoms with Crippen LogP contribution in [0.2, 0.25) is 0 Å². The van der Waals surface area contributed by atoms with E-state index < -0.39 is 5.97 Å². The summed E-state index contributed by atoms with van der Waals surface area (Å²) in [5.74, 6) is -1.24. The van der Waals surface area contributed by atoms with Crippen molar-refractivity contribution in [1.82, 2.24) is 5.32 Å². The highest BCUT2D eigenvalue weighted by molar-refractivity contribution is 5.80. The molecule has 56 heavy (non-hydrogen) atoms. The molecule has 0 saturated carbocycles. The number of rotatable bonds is 44. The molecule has 0 fully saturated rings. The fourth-order valence-corrected chi connectivity index (χ4v) is 7.19. The van der Waals surface area contributed by atoms with Crippen molar-refractivity contribution in [1.29, 1.82) is 0 Å². The number of carboxylic acids is 1. The van der Waals surface area contributed by atoms with Crippen LogP contribution in [0.15, 0.2) is 36.5 Å². The largest absolute Gasteiger partial charge is 0.480 e. The number of allylic oxidation sites excluding steroid dienone is 6. The number of ether oxygens (including phenoxy) is 1. The Morgan fingerprint density at radius 1 is 0.464 bits per heavy atom. The van der Waals surface area contributed by atoms with E-state index >= 15 is 0 Å². The van der Waals surface area contributed by atoms with Crippen LogP contribution in [0.3, 0.4) is 0 Å². The van der Waals surface area contributed by atoms with Crippen LogP contribution in [0, 0.1) is 0 Å². The van der Waals surface area contributed by atoms with E-state index in [1.807, 2.05) is 0 Å². The van der Waals surface area contributed by atoms with Gasteiger partial charge in [-0.3, -0.25) is 14.4 Å². The lowest BCUT2D eigenvalue weighted by molar-refractivity contribution is -0.150. The van der Waals surface area contributed by atoms with Crippen LogP contribution in [0.25, 0.3) is 0 Å². The normalized spacial score (nSPS) is 12.3. The molecule has 1 unspecified atom stereocenters. The van der Waals surface area contributed by atoms with Gasteiger partial charge in [-0.1, -0.05) is 179 Å². The van der Waals surface area contributed by atoms with Gasteiger partial charge in [0.15, 0.2) is 0 Å². The van der Waals surface area contributed by atoms with Crippen LogP contribution >= 0.6 is 0 Å². The summed E-state index contributed by atoms with van der Waals surface area (Å²) in [5.41, 5.74) is 0. The Bertz CT molecular complexity index is 957. The third-order valence-electron chi connectivity index (χ3n) is 10.8. The first-order valence-electron chi connectivity index (χ1n) is 24.1. The minimum atomic E-state index is -1.02. The maximum Gasteiger partial charge on any atom is 0.322 e. The predicted octanol–water partition coefficient (Wildman–Crippen LogP) is 15.2. The quantitative estimate of drug-likeness (QED) is 0.0364. The highest BCUT2D eigenvalue weighted by Gasteiger charge is 2.14. The lowest BCUT2D eigenvalue weighted by atomic mass is 10.0. The molecular formula is C50H91NO5. The molecule has 0 aromatic heterocycles. The smallest absolute Gasteiger partial charge is 0.322 e. The van der Waals surface area contributed by atoms with Gasteiger partial charge in [-0.05, 0) is 96.3 Å². The van der Waals surface area contributed by atoms with Crippen LogP contribution in [0.4, 0.5) is 0 Å². The molecule has 6 heteroatoms. The van der Waals surface area contributed by atoms with Crippen LogP contribution in [-0.4, -0.2) is 35.6 Å². The first kappa shape index (κ1) is 53.6. The number of nitrogens with one attached hydrogen (secondary N) is 1. The second-order valence-electron chi connectivity index (χ2n) is 16.4. The SMILES string of the molecule is CCCCC/C=C\C/C=C\CCCCCCCCCCCC(=O)OC(CCCCC/C=C\CCCCCCCCCC)CCCCCCCC(=O)NCC(=O)O. The van der Waals surface area contributed by atoms with Gasteiger partial charge in [0, 0.05) is 12.8 Å². The number of amides is 1. The highest BCUT2D eigenvalue weighted by atomic mass is 16.5. The van der Waals surface area contributed by atoms with Gasteiger partial charge < -0.3 is 15.2 Å². The van der Waals surface area contributed by atoms with Gasteiger partial charge in [0.1, 0.15) is 12.6 Å². The fraction of sp³-hybridized carbons (Fsp3) is 0.820. The zero-order chi connectivity index (χ0) is 40.8. The van der Waals surface area contributed by atoms with Gasteiger partial charge >= 0.3 is 11.9 Å². The summed E-state index contributed by atoms with van der Waals surface area (Å²) >= 11 is 0. The van der Waals surface area contributed by atoms with E-state index in [1.165, 1.54) is 148 Å². The molecule has 0 aliphatic rings. The van der Waals surface area contributed by atoms with Crippen molar-refractivity contribution in [3.05, 3.63) is 36.5 Å². The van der Waals surface area contributed by atoms with Crippen molar-refractivity contribution in [3.8, 4) is 0 Å². The molecule has 0 heterocycles. The maximum atomic E-state index is 12.8. The first-order valence-corrected chi connectivity index (χ1v) is 24.1. The van der Waals surface area contributed by atoms with Gasteiger partial charge in [-0.15, -0.1) is 0 Å². The molecule has 0 bridgehead atoms. The van der Waals surface area contributed by atoms with E-state index in [0.29, 0.717) is 12.8 Å². The lowest BCUT2D eigenvalue weighted by Gasteiger charge is -2.18. The Morgan fingerprint density at radius 3 is 1.30 bits per heavy atom.